The first-order valence-corrected chi connectivity index (χ1v) is 11.4. The van der Waals surface area contributed by atoms with Gasteiger partial charge in [0.2, 0.25) is 0 Å². The summed E-state index contributed by atoms with van der Waals surface area (Å²) in [6.45, 7) is 4.84. The normalized spacial score (nSPS) is 13.6. The molecule has 0 spiro atoms. The third-order valence-corrected chi connectivity index (χ3v) is 6.53. The van der Waals surface area contributed by atoms with E-state index in [1.165, 1.54) is 5.56 Å². The minimum absolute atomic E-state index is 0.0474. The van der Waals surface area contributed by atoms with Crippen LogP contribution in [0.15, 0.2) is 71.7 Å². The minimum atomic E-state index is 0.0474. The Morgan fingerprint density at radius 2 is 1.79 bits per heavy atom. The van der Waals surface area contributed by atoms with E-state index in [9.17, 15) is 10.1 Å². The third kappa shape index (κ3) is 4.18. The molecule has 4 aromatic rings. The van der Waals surface area contributed by atoms with Crippen molar-refractivity contribution in [2.75, 3.05) is 6.54 Å². The molecule has 5 nitrogen and oxygen atoms in total. The molecular weight excluding hydrogens is 408 g/mol. The van der Waals surface area contributed by atoms with Gasteiger partial charge in [-0.15, -0.1) is 0 Å². The molecular formula is C28H26N4O. The van der Waals surface area contributed by atoms with Crippen LogP contribution in [0.1, 0.15) is 40.3 Å². The second-order valence-corrected chi connectivity index (χ2v) is 8.67. The molecule has 0 N–H and O–H groups in total. The fourth-order valence-electron chi connectivity index (χ4n) is 4.76. The molecule has 1 aliphatic heterocycles. The van der Waals surface area contributed by atoms with Crippen LogP contribution in [0.3, 0.4) is 0 Å². The van der Waals surface area contributed by atoms with Gasteiger partial charge in [-0.1, -0.05) is 43.3 Å². The van der Waals surface area contributed by atoms with Gasteiger partial charge in [0.1, 0.15) is 5.65 Å². The van der Waals surface area contributed by atoms with E-state index in [1.54, 1.807) is 6.20 Å². The molecule has 164 valence electrons. The predicted molar refractivity (Wildman–Crippen MR) is 130 cm³/mol. The number of hydrogen-bond donors (Lipinski definition) is 0. The van der Waals surface area contributed by atoms with Crippen molar-refractivity contribution < 1.29 is 0 Å². The lowest BCUT2D eigenvalue weighted by molar-refractivity contribution is 0.244. The molecule has 33 heavy (non-hydrogen) atoms. The zero-order valence-corrected chi connectivity index (χ0v) is 18.8. The number of hydrogen-bond acceptors (Lipinski definition) is 4. The summed E-state index contributed by atoms with van der Waals surface area (Å²) in [4.78, 5) is 20.6. The quantitative estimate of drug-likeness (QED) is 0.466. The summed E-state index contributed by atoms with van der Waals surface area (Å²) in [6.07, 6.45) is 3.58. The average molecular weight is 435 g/mol. The van der Waals surface area contributed by atoms with Crippen molar-refractivity contribution in [3.05, 3.63) is 111 Å². The Hall–Kier alpha value is -3.75. The summed E-state index contributed by atoms with van der Waals surface area (Å²) >= 11 is 0. The summed E-state index contributed by atoms with van der Waals surface area (Å²) in [5.74, 6) is 0. The summed E-state index contributed by atoms with van der Waals surface area (Å²) in [6, 6.07) is 22.4. The zero-order chi connectivity index (χ0) is 22.8. The van der Waals surface area contributed by atoms with Gasteiger partial charge in [0, 0.05) is 36.8 Å². The van der Waals surface area contributed by atoms with Gasteiger partial charge in [-0.2, -0.15) is 5.26 Å². The maximum atomic E-state index is 13.7. The molecule has 5 heteroatoms. The first-order chi connectivity index (χ1) is 16.2. The zero-order valence-electron chi connectivity index (χ0n) is 18.8. The molecule has 0 saturated carbocycles. The van der Waals surface area contributed by atoms with Gasteiger partial charge in [0.25, 0.3) is 5.56 Å². The number of nitriles is 1. The van der Waals surface area contributed by atoms with Crippen molar-refractivity contribution in [2.45, 2.75) is 39.4 Å². The Morgan fingerprint density at radius 3 is 2.58 bits per heavy atom. The standard InChI is InChI=1S/C28H26N4O/c1-2-20-8-10-21(11-9-20)18-32-27-25(7-4-13-30-27)24-12-14-31(19-26(24)28(32)33)17-23-6-3-5-22(15-23)16-29/h3-11,13,15H,2,12,14,17-19H2,1H3. The van der Waals surface area contributed by atoms with Crippen LogP contribution in [0.25, 0.3) is 11.0 Å². The van der Waals surface area contributed by atoms with Gasteiger partial charge in [-0.05, 0) is 59.4 Å². The van der Waals surface area contributed by atoms with Crippen molar-refractivity contribution in [3.63, 3.8) is 0 Å². The van der Waals surface area contributed by atoms with Crippen LogP contribution in [-0.4, -0.2) is 21.0 Å². The molecule has 0 fully saturated rings. The van der Waals surface area contributed by atoms with Crippen LogP contribution in [0.4, 0.5) is 0 Å². The number of aromatic nitrogens is 2. The van der Waals surface area contributed by atoms with E-state index in [0.717, 1.165) is 59.2 Å². The third-order valence-electron chi connectivity index (χ3n) is 6.53. The Kier molecular flexibility index (Phi) is 5.77. The van der Waals surface area contributed by atoms with E-state index in [1.807, 2.05) is 34.9 Å². The minimum Gasteiger partial charge on any atom is -0.294 e. The molecule has 0 saturated heterocycles. The fraction of sp³-hybridized carbons (Fsp3) is 0.250. The number of fused-ring (bicyclic) bond motifs is 3. The first kappa shape index (κ1) is 21.1. The molecule has 1 aliphatic rings. The SMILES string of the molecule is CCc1ccc(Cn2c(=O)c3c(c4cccnc42)CCN(Cc2cccc(C#N)c2)C3)cc1. The molecule has 5 rings (SSSR count). The van der Waals surface area contributed by atoms with E-state index in [0.29, 0.717) is 18.7 Å². The van der Waals surface area contributed by atoms with E-state index < -0.39 is 0 Å². The van der Waals surface area contributed by atoms with E-state index in [-0.39, 0.29) is 5.56 Å². The Morgan fingerprint density at radius 1 is 0.970 bits per heavy atom. The Labute approximate surface area is 193 Å². The van der Waals surface area contributed by atoms with Gasteiger partial charge in [-0.3, -0.25) is 14.3 Å². The highest BCUT2D eigenvalue weighted by Crippen LogP contribution is 2.25. The van der Waals surface area contributed by atoms with Crippen molar-refractivity contribution in [2.24, 2.45) is 0 Å². The Bertz CT molecular complexity index is 1410. The maximum Gasteiger partial charge on any atom is 0.257 e. The first-order valence-electron chi connectivity index (χ1n) is 11.4. The van der Waals surface area contributed by atoms with E-state index in [2.05, 4.69) is 53.2 Å². The molecule has 2 aromatic heterocycles. The molecule has 0 radical (unpaired) electrons. The second-order valence-electron chi connectivity index (χ2n) is 8.67. The van der Waals surface area contributed by atoms with Gasteiger partial charge in [0.15, 0.2) is 0 Å². The van der Waals surface area contributed by atoms with Crippen LogP contribution in [-0.2, 0) is 32.5 Å². The van der Waals surface area contributed by atoms with Gasteiger partial charge < -0.3 is 0 Å². The Balaban J connectivity index is 1.52. The lowest BCUT2D eigenvalue weighted by Gasteiger charge is -2.30. The van der Waals surface area contributed by atoms with Crippen molar-refractivity contribution in [1.29, 1.82) is 5.26 Å². The van der Waals surface area contributed by atoms with Crippen LogP contribution < -0.4 is 5.56 Å². The van der Waals surface area contributed by atoms with Crippen LogP contribution in [0.2, 0.25) is 0 Å². The lowest BCUT2D eigenvalue weighted by atomic mass is 9.97. The molecule has 0 unspecified atom stereocenters. The summed E-state index contributed by atoms with van der Waals surface area (Å²) < 4.78 is 1.83. The van der Waals surface area contributed by atoms with Crippen molar-refractivity contribution in [3.8, 4) is 6.07 Å². The highest BCUT2D eigenvalue weighted by atomic mass is 16.1. The number of aryl methyl sites for hydroxylation is 1. The highest BCUT2D eigenvalue weighted by molar-refractivity contribution is 5.80. The van der Waals surface area contributed by atoms with Crippen molar-refractivity contribution >= 4 is 11.0 Å². The smallest absolute Gasteiger partial charge is 0.257 e. The topological polar surface area (TPSA) is 61.9 Å². The van der Waals surface area contributed by atoms with Gasteiger partial charge in [-0.25, -0.2) is 4.98 Å². The largest absolute Gasteiger partial charge is 0.294 e. The maximum absolute atomic E-state index is 13.7. The number of nitrogens with zero attached hydrogens (tertiary/aromatic N) is 4. The van der Waals surface area contributed by atoms with Crippen molar-refractivity contribution in [1.82, 2.24) is 14.5 Å². The fourth-order valence-corrected chi connectivity index (χ4v) is 4.76. The molecule has 0 atom stereocenters. The van der Waals surface area contributed by atoms with Gasteiger partial charge >= 0.3 is 0 Å². The summed E-state index contributed by atoms with van der Waals surface area (Å²) in [7, 11) is 0. The number of benzene rings is 2. The predicted octanol–water partition coefficient (Wildman–Crippen LogP) is 4.44. The second kappa shape index (κ2) is 9.01. The lowest BCUT2D eigenvalue weighted by Crippen LogP contribution is -2.37. The van der Waals surface area contributed by atoms with Crippen LogP contribution >= 0.6 is 0 Å². The molecule has 2 aromatic carbocycles. The molecule has 0 amide bonds. The average Bonchev–Trinajstić information content (AvgIpc) is 2.87. The molecule has 0 aliphatic carbocycles. The number of rotatable bonds is 5. The molecule has 3 heterocycles. The molecule has 0 bridgehead atoms. The highest BCUT2D eigenvalue weighted by Gasteiger charge is 2.24. The number of pyridine rings is 2. The monoisotopic (exact) mass is 434 g/mol. The summed E-state index contributed by atoms with van der Waals surface area (Å²) in [5.41, 5.74) is 6.95. The summed E-state index contributed by atoms with van der Waals surface area (Å²) in [5, 5.41) is 10.3. The van der Waals surface area contributed by atoms with Crippen LogP contribution in [0.5, 0.6) is 0 Å². The van der Waals surface area contributed by atoms with Gasteiger partial charge in [0.05, 0.1) is 18.2 Å². The van der Waals surface area contributed by atoms with E-state index in [4.69, 9.17) is 0 Å². The van der Waals surface area contributed by atoms with E-state index >= 15 is 0 Å². The van der Waals surface area contributed by atoms with Crippen LogP contribution in [0, 0.1) is 11.3 Å².